The summed E-state index contributed by atoms with van der Waals surface area (Å²) in [4.78, 5) is 28.2. The summed E-state index contributed by atoms with van der Waals surface area (Å²) in [7, 11) is 0. The first-order valence-electron chi connectivity index (χ1n) is 9.84. The Hall–Kier alpha value is -1.69. The molecule has 3 aliphatic rings. The van der Waals surface area contributed by atoms with Gasteiger partial charge in [-0.3, -0.25) is 14.7 Å². The van der Waals surface area contributed by atoms with E-state index < -0.39 is 0 Å². The van der Waals surface area contributed by atoms with Gasteiger partial charge in [-0.1, -0.05) is 12.8 Å². The molecule has 2 atom stereocenters. The number of carbonyl (C=O) groups is 1. The Kier molecular flexibility index (Phi) is 5.15. The van der Waals surface area contributed by atoms with Gasteiger partial charge >= 0.3 is 0 Å². The van der Waals surface area contributed by atoms with Crippen LogP contribution >= 0.6 is 0 Å². The summed E-state index contributed by atoms with van der Waals surface area (Å²) < 4.78 is 0. The number of hydrogen-bond donors (Lipinski definition) is 0. The molecule has 1 aromatic heterocycles. The monoisotopic (exact) mass is 343 g/mol. The van der Waals surface area contributed by atoms with Gasteiger partial charge in [0.25, 0.3) is 0 Å². The molecular weight excluding hydrogens is 314 g/mol. The summed E-state index contributed by atoms with van der Waals surface area (Å²) in [5.41, 5.74) is 0. The van der Waals surface area contributed by atoms with E-state index in [0.717, 1.165) is 44.5 Å². The fourth-order valence-corrected chi connectivity index (χ4v) is 4.81. The summed E-state index contributed by atoms with van der Waals surface area (Å²) >= 11 is 0. The summed E-state index contributed by atoms with van der Waals surface area (Å²) in [5, 5.41) is 0. The van der Waals surface area contributed by atoms with Gasteiger partial charge in [0.05, 0.1) is 12.7 Å². The fourth-order valence-electron chi connectivity index (χ4n) is 4.81. The molecule has 25 heavy (non-hydrogen) atoms. The van der Waals surface area contributed by atoms with Gasteiger partial charge < -0.3 is 9.80 Å². The molecule has 4 rings (SSSR count). The zero-order valence-electron chi connectivity index (χ0n) is 15.0. The highest BCUT2D eigenvalue weighted by atomic mass is 16.2. The Bertz CT molecular complexity index is 570. The lowest BCUT2D eigenvalue weighted by atomic mass is 9.78. The molecule has 0 aromatic carbocycles. The van der Waals surface area contributed by atoms with Gasteiger partial charge in [0.2, 0.25) is 5.91 Å². The molecule has 1 saturated carbocycles. The molecule has 2 saturated heterocycles. The molecule has 1 amide bonds. The summed E-state index contributed by atoms with van der Waals surface area (Å²) in [6.07, 6.45) is 13.0. The lowest BCUT2D eigenvalue weighted by Crippen LogP contribution is -2.55. The minimum atomic E-state index is 0.351. The van der Waals surface area contributed by atoms with Crippen LogP contribution in [-0.2, 0) is 4.79 Å². The van der Waals surface area contributed by atoms with Crippen LogP contribution in [-0.4, -0.2) is 71.0 Å². The standard InChI is InChI=1S/C19H29N5O/c25-19(24-9-3-5-16-4-1-2-6-17(16)24)15-22-10-12-23(13-11-22)18-14-20-7-8-21-18/h7-8,14,16-17H,1-6,9-13,15H2/t16-,17-/m1/s1. The van der Waals surface area contributed by atoms with Crippen molar-refractivity contribution in [2.45, 2.75) is 44.6 Å². The normalized spacial score (nSPS) is 27.8. The third-order valence-corrected chi connectivity index (χ3v) is 6.17. The van der Waals surface area contributed by atoms with E-state index in [9.17, 15) is 4.79 Å². The van der Waals surface area contributed by atoms with E-state index in [1.165, 1.54) is 38.5 Å². The highest BCUT2D eigenvalue weighted by molar-refractivity contribution is 5.78. The van der Waals surface area contributed by atoms with Crippen molar-refractivity contribution in [3.8, 4) is 0 Å². The van der Waals surface area contributed by atoms with E-state index in [1.807, 2.05) is 6.20 Å². The molecular formula is C19H29N5O. The maximum Gasteiger partial charge on any atom is 0.237 e. The van der Waals surface area contributed by atoms with Crippen LogP contribution in [0.15, 0.2) is 18.6 Å². The zero-order chi connectivity index (χ0) is 17.1. The first-order valence-corrected chi connectivity index (χ1v) is 9.84. The molecule has 2 aliphatic heterocycles. The molecule has 1 aromatic rings. The molecule has 3 heterocycles. The summed E-state index contributed by atoms with van der Waals surface area (Å²) in [6, 6.07) is 0.524. The van der Waals surface area contributed by atoms with Crippen molar-refractivity contribution in [1.29, 1.82) is 0 Å². The third kappa shape index (κ3) is 3.78. The number of hydrogen-bond acceptors (Lipinski definition) is 5. The van der Waals surface area contributed by atoms with Crippen molar-refractivity contribution < 1.29 is 4.79 Å². The third-order valence-electron chi connectivity index (χ3n) is 6.17. The maximum atomic E-state index is 12.9. The van der Waals surface area contributed by atoms with Crippen LogP contribution in [0.5, 0.6) is 0 Å². The first-order chi connectivity index (χ1) is 12.3. The second kappa shape index (κ2) is 7.68. The van der Waals surface area contributed by atoms with Crippen LogP contribution in [0.2, 0.25) is 0 Å². The number of piperazine rings is 1. The summed E-state index contributed by atoms with van der Waals surface area (Å²) in [5.74, 6) is 2.05. The van der Waals surface area contributed by atoms with Crippen LogP contribution in [0.25, 0.3) is 0 Å². The van der Waals surface area contributed by atoms with Gasteiger partial charge in [-0.25, -0.2) is 4.98 Å². The average molecular weight is 343 g/mol. The molecule has 6 heteroatoms. The minimum absolute atomic E-state index is 0.351. The maximum absolute atomic E-state index is 12.9. The van der Waals surface area contributed by atoms with Crippen molar-refractivity contribution in [3.63, 3.8) is 0 Å². The molecule has 1 aliphatic carbocycles. The Labute approximate surface area is 150 Å². The molecule has 0 unspecified atom stereocenters. The van der Waals surface area contributed by atoms with Crippen LogP contribution in [0.4, 0.5) is 5.82 Å². The average Bonchev–Trinajstić information content (AvgIpc) is 2.69. The number of piperidine rings is 1. The molecule has 136 valence electrons. The van der Waals surface area contributed by atoms with E-state index in [0.29, 0.717) is 18.5 Å². The van der Waals surface area contributed by atoms with E-state index in [1.54, 1.807) is 12.4 Å². The number of carbonyl (C=O) groups excluding carboxylic acids is 1. The lowest BCUT2D eigenvalue weighted by Gasteiger charge is -2.45. The predicted octanol–water partition coefficient (Wildman–Crippen LogP) is 1.78. The minimum Gasteiger partial charge on any atom is -0.353 e. The number of amides is 1. The van der Waals surface area contributed by atoms with E-state index in [-0.39, 0.29) is 0 Å². The van der Waals surface area contributed by atoms with Gasteiger partial charge in [-0.2, -0.15) is 0 Å². The van der Waals surface area contributed by atoms with Crippen molar-refractivity contribution in [1.82, 2.24) is 19.8 Å². The van der Waals surface area contributed by atoms with E-state index in [2.05, 4.69) is 24.7 Å². The topological polar surface area (TPSA) is 52.6 Å². The summed E-state index contributed by atoms with van der Waals surface area (Å²) in [6.45, 7) is 5.22. The van der Waals surface area contributed by atoms with Gasteiger partial charge in [-0.05, 0) is 31.6 Å². The van der Waals surface area contributed by atoms with Crippen molar-refractivity contribution in [2.75, 3.05) is 44.2 Å². The smallest absolute Gasteiger partial charge is 0.237 e. The molecule has 0 bridgehead atoms. The van der Waals surface area contributed by atoms with Crippen LogP contribution in [0, 0.1) is 5.92 Å². The van der Waals surface area contributed by atoms with Crippen molar-refractivity contribution in [3.05, 3.63) is 18.6 Å². The fraction of sp³-hybridized carbons (Fsp3) is 0.737. The number of rotatable bonds is 3. The number of fused-ring (bicyclic) bond motifs is 1. The van der Waals surface area contributed by atoms with E-state index in [4.69, 9.17) is 0 Å². The van der Waals surface area contributed by atoms with Crippen molar-refractivity contribution >= 4 is 11.7 Å². The molecule has 6 nitrogen and oxygen atoms in total. The highest BCUT2D eigenvalue weighted by Gasteiger charge is 2.36. The second-order valence-electron chi connectivity index (χ2n) is 7.67. The largest absolute Gasteiger partial charge is 0.353 e. The number of likely N-dealkylation sites (tertiary alicyclic amines) is 1. The van der Waals surface area contributed by atoms with E-state index >= 15 is 0 Å². The Morgan fingerprint density at radius 1 is 1.00 bits per heavy atom. The Morgan fingerprint density at radius 3 is 2.60 bits per heavy atom. The molecule has 0 N–H and O–H groups in total. The first kappa shape index (κ1) is 16.8. The van der Waals surface area contributed by atoms with Gasteiger partial charge in [0.15, 0.2) is 0 Å². The lowest BCUT2D eigenvalue weighted by molar-refractivity contribution is -0.138. The van der Waals surface area contributed by atoms with Crippen LogP contribution in [0.1, 0.15) is 38.5 Å². The number of anilines is 1. The molecule has 0 spiro atoms. The SMILES string of the molecule is O=C(CN1CCN(c2cnccn2)CC1)N1CCC[C@H]2CCCC[C@H]21. The number of nitrogens with zero attached hydrogens (tertiary/aromatic N) is 5. The number of aromatic nitrogens is 2. The second-order valence-corrected chi connectivity index (χ2v) is 7.67. The van der Waals surface area contributed by atoms with Crippen LogP contribution in [0.3, 0.4) is 0 Å². The van der Waals surface area contributed by atoms with Gasteiger partial charge in [-0.15, -0.1) is 0 Å². The zero-order valence-corrected chi connectivity index (χ0v) is 15.0. The van der Waals surface area contributed by atoms with Gasteiger partial charge in [0.1, 0.15) is 5.82 Å². The van der Waals surface area contributed by atoms with Crippen molar-refractivity contribution in [2.24, 2.45) is 5.92 Å². The Balaban J connectivity index is 1.30. The predicted molar refractivity (Wildman–Crippen MR) is 97.4 cm³/mol. The Morgan fingerprint density at radius 2 is 1.80 bits per heavy atom. The van der Waals surface area contributed by atoms with Gasteiger partial charge in [0, 0.05) is 51.2 Å². The molecule has 3 fully saturated rings. The van der Waals surface area contributed by atoms with Crippen LogP contribution < -0.4 is 4.90 Å². The molecule has 0 radical (unpaired) electrons. The highest BCUT2D eigenvalue weighted by Crippen LogP contribution is 2.35. The quantitative estimate of drug-likeness (QED) is 0.837.